The summed E-state index contributed by atoms with van der Waals surface area (Å²) in [6.45, 7) is 11.2. The maximum Gasteiger partial charge on any atom is 0.267 e. The van der Waals surface area contributed by atoms with Crippen LogP contribution in [0.1, 0.15) is 36.8 Å². The van der Waals surface area contributed by atoms with E-state index in [9.17, 15) is 4.79 Å². The lowest BCUT2D eigenvalue weighted by Crippen LogP contribution is -2.22. The van der Waals surface area contributed by atoms with E-state index in [0.717, 1.165) is 32.1 Å². The second-order valence-corrected chi connectivity index (χ2v) is 11.1. The molecular formula is C26H28N2O2S2. The molecule has 2 aromatic carbocycles. The molecule has 2 heterocycles. The molecule has 6 heteroatoms. The van der Waals surface area contributed by atoms with E-state index in [1.165, 1.54) is 5.56 Å². The van der Waals surface area contributed by atoms with Crippen molar-refractivity contribution in [1.29, 1.82) is 0 Å². The quantitative estimate of drug-likeness (QED) is 0.185. The average Bonchev–Trinajstić information content (AvgIpc) is 3.05. The van der Waals surface area contributed by atoms with Crippen molar-refractivity contribution in [1.82, 2.24) is 9.55 Å². The van der Waals surface area contributed by atoms with Crippen molar-refractivity contribution in [2.24, 2.45) is 0 Å². The molecule has 0 bridgehead atoms. The first-order valence-electron chi connectivity index (χ1n) is 10.7. The lowest BCUT2D eigenvalue weighted by molar-refractivity contribution is 0.343. The number of rotatable bonds is 6. The number of aromatic nitrogens is 2. The lowest BCUT2D eigenvalue weighted by Gasteiger charge is -2.19. The van der Waals surface area contributed by atoms with Crippen LogP contribution in [0.4, 0.5) is 0 Å². The third-order valence-corrected chi connectivity index (χ3v) is 7.49. The largest absolute Gasteiger partial charge is 0.493 e. The van der Waals surface area contributed by atoms with Crippen LogP contribution in [-0.2, 0) is 5.41 Å². The Kier molecular flexibility index (Phi) is 6.45. The van der Waals surface area contributed by atoms with E-state index in [1.807, 2.05) is 56.3 Å². The molecule has 0 spiro atoms. The normalized spacial score (nSPS) is 11.8. The van der Waals surface area contributed by atoms with Gasteiger partial charge in [-0.2, -0.15) is 0 Å². The maximum atomic E-state index is 13.4. The summed E-state index contributed by atoms with van der Waals surface area (Å²) >= 11 is 3.13. The van der Waals surface area contributed by atoms with Crippen molar-refractivity contribution in [2.45, 2.75) is 45.2 Å². The molecule has 32 heavy (non-hydrogen) atoms. The van der Waals surface area contributed by atoms with Crippen molar-refractivity contribution < 1.29 is 4.74 Å². The highest BCUT2D eigenvalue weighted by molar-refractivity contribution is 7.99. The zero-order chi connectivity index (χ0) is 22.9. The number of fused-ring (bicyclic) bond motifs is 1. The summed E-state index contributed by atoms with van der Waals surface area (Å²) in [5.74, 6) is 1.54. The third kappa shape index (κ3) is 4.62. The number of hydrogen-bond donors (Lipinski definition) is 0. The van der Waals surface area contributed by atoms with Gasteiger partial charge in [0.2, 0.25) is 0 Å². The number of nitrogens with zero attached hydrogens (tertiary/aromatic N) is 2. The molecule has 0 saturated heterocycles. The minimum atomic E-state index is -0.00997. The number of aryl methyl sites for hydroxylation is 2. The van der Waals surface area contributed by atoms with Gasteiger partial charge in [-0.1, -0.05) is 62.9 Å². The first-order valence-corrected chi connectivity index (χ1v) is 12.5. The molecule has 166 valence electrons. The van der Waals surface area contributed by atoms with Crippen molar-refractivity contribution in [3.63, 3.8) is 0 Å². The number of thioether (sulfide) groups is 1. The topological polar surface area (TPSA) is 44.1 Å². The van der Waals surface area contributed by atoms with Crippen LogP contribution in [0, 0.1) is 13.8 Å². The van der Waals surface area contributed by atoms with Crippen LogP contribution < -0.4 is 10.3 Å². The standard InChI is InChI=1S/C26H28N2O2S2/c1-17-18(2)32-23-22(17)24(29)28(20-9-7-6-8-10-20)25(27-23)31-16-15-30-21-13-11-19(12-14-21)26(3,4)5/h6-14H,15-16H2,1-5H3. The molecule has 0 amide bonds. The Balaban J connectivity index is 1.55. The van der Waals surface area contributed by atoms with Gasteiger partial charge < -0.3 is 4.74 Å². The highest BCUT2D eigenvalue weighted by Gasteiger charge is 2.18. The van der Waals surface area contributed by atoms with Crippen molar-refractivity contribution in [3.8, 4) is 11.4 Å². The highest BCUT2D eigenvalue weighted by Crippen LogP contribution is 2.30. The predicted molar refractivity (Wildman–Crippen MR) is 136 cm³/mol. The average molecular weight is 465 g/mol. The lowest BCUT2D eigenvalue weighted by atomic mass is 9.87. The van der Waals surface area contributed by atoms with Gasteiger partial charge in [0.15, 0.2) is 5.16 Å². The Morgan fingerprint density at radius 1 is 1.03 bits per heavy atom. The van der Waals surface area contributed by atoms with Crippen LogP contribution >= 0.6 is 23.1 Å². The van der Waals surface area contributed by atoms with Gasteiger partial charge in [0.1, 0.15) is 10.6 Å². The fourth-order valence-corrected chi connectivity index (χ4v) is 5.42. The molecule has 0 fully saturated rings. The Morgan fingerprint density at radius 3 is 2.38 bits per heavy atom. The van der Waals surface area contributed by atoms with E-state index in [1.54, 1.807) is 27.7 Å². The first-order chi connectivity index (χ1) is 15.3. The van der Waals surface area contributed by atoms with Gasteiger partial charge in [-0.3, -0.25) is 9.36 Å². The number of benzene rings is 2. The van der Waals surface area contributed by atoms with Gasteiger partial charge in [0.05, 0.1) is 17.7 Å². The van der Waals surface area contributed by atoms with Gasteiger partial charge >= 0.3 is 0 Å². The van der Waals surface area contributed by atoms with E-state index in [4.69, 9.17) is 9.72 Å². The molecule has 2 aromatic heterocycles. The van der Waals surface area contributed by atoms with Crippen LogP contribution in [0.15, 0.2) is 64.5 Å². The van der Waals surface area contributed by atoms with Crippen LogP contribution in [0.3, 0.4) is 0 Å². The van der Waals surface area contributed by atoms with Crippen LogP contribution in [0.2, 0.25) is 0 Å². The summed E-state index contributed by atoms with van der Waals surface area (Å²) in [6, 6.07) is 18.0. The van der Waals surface area contributed by atoms with Gasteiger partial charge in [0.25, 0.3) is 5.56 Å². The van der Waals surface area contributed by atoms with E-state index in [-0.39, 0.29) is 11.0 Å². The number of ether oxygens (including phenoxy) is 1. The molecule has 4 aromatic rings. The van der Waals surface area contributed by atoms with Gasteiger partial charge in [-0.25, -0.2) is 4.98 Å². The second-order valence-electron chi connectivity index (χ2n) is 8.81. The summed E-state index contributed by atoms with van der Waals surface area (Å²) in [4.78, 5) is 20.2. The van der Waals surface area contributed by atoms with Crippen LogP contribution in [0.5, 0.6) is 5.75 Å². The minimum Gasteiger partial charge on any atom is -0.493 e. The molecule has 0 atom stereocenters. The zero-order valence-electron chi connectivity index (χ0n) is 19.1. The Hall–Kier alpha value is -2.57. The fraction of sp³-hybridized carbons (Fsp3) is 0.308. The predicted octanol–water partition coefficient (Wildman–Crippen LogP) is 6.53. The number of thiophene rings is 1. The summed E-state index contributed by atoms with van der Waals surface area (Å²) in [5.41, 5.74) is 3.25. The third-order valence-electron chi connectivity index (χ3n) is 5.49. The van der Waals surface area contributed by atoms with E-state index >= 15 is 0 Å². The zero-order valence-corrected chi connectivity index (χ0v) is 20.8. The molecule has 0 radical (unpaired) electrons. The second kappa shape index (κ2) is 9.12. The molecule has 0 aliphatic heterocycles. The number of para-hydroxylation sites is 1. The maximum absolute atomic E-state index is 13.4. The summed E-state index contributed by atoms with van der Waals surface area (Å²) in [7, 11) is 0. The molecule has 4 nitrogen and oxygen atoms in total. The van der Waals surface area contributed by atoms with E-state index in [2.05, 4.69) is 32.9 Å². The highest BCUT2D eigenvalue weighted by atomic mass is 32.2. The van der Waals surface area contributed by atoms with Crippen molar-refractivity contribution in [3.05, 3.63) is 81.0 Å². The van der Waals surface area contributed by atoms with E-state index < -0.39 is 0 Å². The smallest absolute Gasteiger partial charge is 0.267 e. The SMILES string of the molecule is Cc1sc2nc(SCCOc3ccc(C(C)(C)C)cc3)n(-c3ccccc3)c(=O)c2c1C. The van der Waals surface area contributed by atoms with Crippen molar-refractivity contribution in [2.75, 3.05) is 12.4 Å². The van der Waals surface area contributed by atoms with Crippen molar-refractivity contribution >= 4 is 33.3 Å². The molecule has 0 unspecified atom stereocenters. The molecule has 0 saturated carbocycles. The first kappa shape index (κ1) is 22.6. The summed E-state index contributed by atoms with van der Waals surface area (Å²) < 4.78 is 7.68. The molecule has 0 N–H and O–H groups in total. The minimum absolute atomic E-state index is 0.00997. The summed E-state index contributed by atoms with van der Waals surface area (Å²) in [6.07, 6.45) is 0. The van der Waals surface area contributed by atoms with Gasteiger partial charge in [0, 0.05) is 10.6 Å². The molecule has 0 aliphatic rings. The van der Waals surface area contributed by atoms with Crippen LogP contribution in [-0.4, -0.2) is 21.9 Å². The monoisotopic (exact) mass is 464 g/mol. The molecule has 4 rings (SSSR count). The fourth-order valence-electron chi connectivity index (χ4n) is 3.52. The molecular weight excluding hydrogens is 436 g/mol. The Morgan fingerprint density at radius 2 is 1.72 bits per heavy atom. The van der Waals surface area contributed by atoms with E-state index in [0.29, 0.717) is 17.5 Å². The number of hydrogen-bond acceptors (Lipinski definition) is 5. The molecule has 0 aliphatic carbocycles. The van der Waals surface area contributed by atoms with Gasteiger partial charge in [-0.15, -0.1) is 11.3 Å². The summed E-state index contributed by atoms with van der Waals surface area (Å²) in [5, 5.41) is 1.41. The van der Waals surface area contributed by atoms with Crippen LogP contribution in [0.25, 0.3) is 15.9 Å². The Labute approximate surface area is 197 Å². The van der Waals surface area contributed by atoms with Gasteiger partial charge in [-0.05, 0) is 54.7 Å². The Bertz CT molecular complexity index is 1280.